The summed E-state index contributed by atoms with van der Waals surface area (Å²) in [5.41, 5.74) is 9.03. The van der Waals surface area contributed by atoms with Crippen LogP contribution in [-0.2, 0) is 22.7 Å². The Morgan fingerprint density at radius 2 is 1.93 bits per heavy atom. The highest BCUT2D eigenvalue weighted by Gasteiger charge is 2.50. The van der Waals surface area contributed by atoms with Gasteiger partial charge >= 0.3 is 0 Å². The highest BCUT2D eigenvalue weighted by molar-refractivity contribution is 6.05. The largest absolute Gasteiger partial charge is 0.329 e. The second kappa shape index (κ2) is 6.39. The Kier molecular flexibility index (Phi) is 4.07. The van der Waals surface area contributed by atoms with Gasteiger partial charge in [-0.1, -0.05) is 12.1 Å². The topological polar surface area (TPSA) is 95.7 Å². The minimum absolute atomic E-state index is 0.107. The number of nitrogens with two attached hydrogens (primary N) is 1. The molecule has 0 aliphatic carbocycles. The smallest absolute Gasteiger partial charge is 0.255 e. The van der Waals surface area contributed by atoms with Crippen molar-refractivity contribution >= 4 is 17.7 Å². The number of hydrogen-bond donors (Lipinski definition) is 2. The third-order valence-corrected chi connectivity index (χ3v) is 7.26. The van der Waals surface area contributed by atoms with Crippen LogP contribution < -0.4 is 11.1 Å². The molecule has 3 saturated heterocycles. The number of hydrogen-bond acceptors (Lipinski definition) is 5. The molecule has 1 aromatic carbocycles. The van der Waals surface area contributed by atoms with Gasteiger partial charge in [-0.25, -0.2) is 0 Å². The SMILES string of the molecule is NCC12CCC(CC1)N2Cc1ccc2c(c1)C(=O)N(C1CCC(=O)NC1=O)C2. The molecule has 0 saturated carbocycles. The molecule has 7 nitrogen and oxygen atoms in total. The summed E-state index contributed by atoms with van der Waals surface area (Å²) >= 11 is 0. The third-order valence-electron chi connectivity index (χ3n) is 7.26. The van der Waals surface area contributed by atoms with Crippen LogP contribution in [0.2, 0.25) is 0 Å². The fourth-order valence-corrected chi connectivity index (χ4v) is 5.64. The lowest BCUT2D eigenvalue weighted by atomic mass is 9.88. The molecule has 0 spiro atoms. The Hall–Kier alpha value is -2.25. The van der Waals surface area contributed by atoms with E-state index in [0.29, 0.717) is 31.1 Å². The van der Waals surface area contributed by atoms with Gasteiger partial charge in [0, 0.05) is 43.2 Å². The van der Waals surface area contributed by atoms with E-state index in [1.165, 1.54) is 25.7 Å². The Morgan fingerprint density at radius 1 is 1.14 bits per heavy atom. The molecule has 0 radical (unpaired) electrons. The van der Waals surface area contributed by atoms with Crippen molar-refractivity contribution in [1.29, 1.82) is 0 Å². The van der Waals surface area contributed by atoms with E-state index in [-0.39, 0.29) is 29.7 Å². The van der Waals surface area contributed by atoms with Crippen molar-refractivity contribution in [2.24, 2.45) is 5.73 Å². The molecule has 1 aromatic rings. The van der Waals surface area contributed by atoms with E-state index in [1.54, 1.807) is 4.90 Å². The summed E-state index contributed by atoms with van der Waals surface area (Å²) < 4.78 is 0. The maximum atomic E-state index is 13.0. The molecule has 1 atom stereocenters. The van der Waals surface area contributed by atoms with Crippen LogP contribution in [-0.4, -0.2) is 51.7 Å². The van der Waals surface area contributed by atoms with Gasteiger partial charge in [0.15, 0.2) is 0 Å². The van der Waals surface area contributed by atoms with Crippen LogP contribution in [0.15, 0.2) is 18.2 Å². The van der Waals surface area contributed by atoms with Crippen molar-refractivity contribution in [3.8, 4) is 0 Å². The van der Waals surface area contributed by atoms with Gasteiger partial charge < -0.3 is 10.6 Å². The number of carbonyl (C=O) groups excluding carboxylic acids is 3. The highest BCUT2D eigenvalue weighted by Crippen LogP contribution is 2.46. The van der Waals surface area contributed by atoms with Crippen LogP contribution in [0.1, 0.15) is 60.0 Å². The summed E-state index contributed by atoms with van der Waals surface area (Å²) in [7, 11) is 0. The molecule has 4 aliphatic heterocycles. The highest BCUT2D eigenvalue weighted by atomic mass is 16.2. The Bertz CT molecular complexity index is 859. The van der Waals surface area contributed by atoms with Gasteiger partial charge in [-0.15, -0.1) is 0 Å². The van der Waals surface area contributed by atoms with Gasteiger partial charge in [-0.05, 0) is 49.3 Å². The summed E-state index contributed by atoms with van der Waals surface area (Å²) in [5, 5.41) is 2.35. The molecule has 3 fully saturated rings. The molecule has 28 heavy (non-hydrogen) atoms. The van der Waals surface area contributed by atoms with Crippen LogP contribution in [0.4, 0.5) is 0 Å². The summed E-state index contributed by atoms with van der Waals surface area (Å²) in [6.45, 7) is 1.94. The maximum absolute atomic E-state index is 13.0. The molecule has 0 aromatic heterocycles. The van der Waals surface area contributed by atoms with E-state index in [0.717, 1.165) is 17.7 Å². The molecule has 3 N–H and O–H groups in total. The molecule has 3 amide bonds. The molecule has 4 heterocycles. The number of piperidine rings is 1. The maximum Gasteiger partial charge on any atom is 0.255 e. The lowest BCUT2D eigenvalue weighted by molar-refractivity contribution is -0.136. The van der Waals surface area contributed by atoms with Crippen molar-refractivity contribution in [2.75, 3.05) is 6.54 Å². The number of imide groups is 1. The number of carbonyl (C=O) groups is 3. The summed E-state index contributed by atoms with van der Waals surface area (Å²) in [6.07, 6.45) is 5.43. The standard InChI is InChI=1S/C21H26N4O3/c22-12-21-7-5-15(6-8-21)25(21)10-13-1-2-14-11-24(20(28)16(14)9-13)17-3-4-18(26)23-19(17)27/h1-2,9,15,17H,3-8,10-12,22H2,(H,23,26,27). The minimum Gasteiger partial charge on any atom is -0.329 e. The first-order chi connectivity index (χ1) is 13.5. The lowest BCUT2D eigenvalue weighted by Crippen LogP contribution is -2.52. The number of nitrogens with one attached hydrogen (secondary N) is 1. The first kappa shape index (κ1) is 17.8. The fraction of sp³-hybridized carbons (Fsp3) is 0.571. The monoisotopic (exact) mass is 382 g/mol. The van der Waals surface area contributed by atoms with Gasteiger partial charge in [0.2, 0.25) is 11.8 Å². The molecular weight excluding hydrogens is 356 g/mol. The van der Waals surface area contributed by atoms with Crippen molar-refractivity contribution in [3.05, 3.63) is 34.9 Å². The van der Waals surface area contributed by atoms with Crippen molar-refractivity contribution in [3.63, 3.8) is 0 Å². The second-order valence-electron chi connectivity index (χ2n) is 8.68. The van der Waals surface area contributed by atoms with E-state index < -0.39 is 6.04 Å². The molecule has 5 rings (SSSR count). The minimum atomic E-state index is -0.559. The van der Waals surface area contributed by atoms with E-state index in [9.17, 15) is 14.4 Å². The van der Waals surface area contributed by atoms with Crippen LogP contribution in [0.3, 0.4) is 0 Å². The quantitative estimate of drug-likeness (QED) is 0.755. The Balaban J connectivity index is 1.35. The zero-order valence-corrected chi connectivity index (χ0v) is 15.9. The summed E-state index contributed by atoms with van der Waals surface area (Å²) in [5.74, 6) is -0.734. The van der Waals surface area contributed by atoms with Crippen LogP contribution >= 0.6 is 0 Å². The van der Waals surface area contributed by atoms with Crippen molar-refractivity contribution in [1.82, 2.24) is 15.1 Å². The Morgan fingerprint density at radius 3 is 2.64 bits per heavy atom. The number of nitrogens with zero attached hydrogens (tertiary/aromatic N) is 2. The van der Waals surface area contributed by atoms with E-state index >= 15 is 0 Å². The Labute approximate surface area is 164 Å². The second-order valence-corrected chi connectivity index (χ2v) is 8.68. The average molecular weight is 382 g/mol. The fourth-order valence-electron chi connectivity index (χ4n) is 5.64. The van der Waals surface area contributed by atoms with Gasteiger partial charge in [0.05, 0.1) is 0 Å². The van der Waals surface area contributed by atoms with Gasteiger partial charge in [0.25, 0.3) is 5.91 Å². The molecule has 148 valence electrons. The van der Waals surface area contributed by atoms with E-state index in [4.69, 9.17) is 5.73 Å². The van der Waals surface area contributed by atoms with Gasteiger partial charge in [-0.3, -0.25) is 24.6 Å². The van der Waals surface area contributed by atoms with Crippen molar-refractivity contribution < 1.29 is 14.4 Å². The van der Waals surface area contributed by atoms with Gasteiger partial charge in [0.1, 0.15) is 6.04 Å². The number of rotatable bonds is 4. The summed E-state index contributed by atoms with van der Waals surface area (Å²) in [6, 6.07) is 6.15. The molecule has 2 bridgehead atoms. The zero-order valence-electron chi connectivity index (χ0n) is 15.9. The predicted octanol–water partition coefficient (Wildman–Crippen LogP) is 0.903. The first-order valence-electron chi connectivity index (χ1n) is 10.2. The zero-order chi connectivity index (χ0) is 19.5. The van der Waals surface area contributed by atoms with E-state index in [1.807, 2.05) is 12.1 Å². The van der Waals surface area contributed by atoms with E-state index in [2.05, 4.69) is 16.3 Å². The summed E-state index contributed by atoms with van der Waals surface area (Å²) in [4.78, 5) is 40.7. The molecule has 1 unspecified atom stereocenters. The third kappa shape index (κ3) is 2.60. The van der Waals surface area contributed by atoms with Crippen LogP contribution in [0.25, 0.3) is 0 Å². The first-order valence-corrected chi connectivity index (χ1v) is 10.2. The normalized spacial score (nSPS) is 32.2. The number of fused-ring (bicyclic) bond motifs is 3. The molecule has 4 aliphatic rings. The predicted molar refractivity (Wildman–Crippen MR) is 102 cm³/mol. The van der Waals surface area contributed by atoms with Crippen LogP contribution in [0, 0.1) is 0 Å². The lowest BCUT2D eigenvalue weighted by Gasteiger charge is -2.34. The molecule has 7 heteroatoms. The van der Waals surface area contributed by atoms with Crippen LogP contribution in [0.5, 0.6) is 0 Å². The van der Waals surface area contributed by atoms with Crippen molar-refractivity contribution in [2.45, 2.75) is 69.2 Å². The molecular formula is C21H26N4O3. The van der Waals surface area contributed by atoms with Gasteiger partial charge in [-0.2, -0.15) is 0 Å². The average Bonchev–Trinajstić information content (AvgIpc) is 3.32. The number of amides is 3. The number of benzene rings is 1.